The molecule has 2 aromatic carbocycles. The molecule has 19 heavy (non-hydrogen) atoms. The Balaban J connectivity index is 2.48. The highest BCUT2D eigenvalue weighted by molar-refractivity contribution is 14.1. The molecule has 0 bridgehead atoms. The van der Waals surface area contributed by atoms with Gasteiger partial charge < -0.3 is 0 Å². The Bertz CT molecular complexity index is 497. The number of benzene rings is 2. The third kappa shape index (κ3) is 3.59. The monoisotopic (exact) mass is 364 g/mol. The average Bonchev–Trinajstić information content (AvgIpc) is 2.37. The van der Waals surface area contributed by atoms with Crippen LogP contribution < -0.4 is 0 Å². The van der Waals surface area contributed by atoms with Crippen LogP contribution in [0.4, 0.5) is 0 Å². The van der Waals surface area contributed by atoms with Gasteiger partial charge in [0.05, 0.1) is 0 Å². The minimum absolute atomic E-state index is 0.509. The quantitative estimate of drug-likeness (QED) is 0.486. The topological polar surface area (TPSA) is 0 Å². The van der Waals surface area contributed by atoms with Crippen molar-refractivity contribution in [3.63, 3.8) is 0 Å². The molecular weight excluding hydrogens is 343 g/mol. The maximum absolute atomic E-state index is 2.53. The van der Waals surface area contributed by atoms with Crippen LogP contribution in [0.25, 0.3) is 0 Å². The fourth-order valence-corrected chi connectivity index (χ4v) is 3.21. The Labute approximate surface area is 130 Å². The Morgan fingerprint density at radius 1 is 0.842 bits per heavy atom. The van der Waals surface area contributed by atoms with Gasteiger partial charge in [-0.15, -0.1) is 0 Å². The van der Waals surface area contributed by atoms with Crippen molar-refractivity contribution in [3.05, 3.63) is 70.8 Å². The molecule has 0 spiro atoms. The van der Waals surface area contributed by atoms with Crippen LogP contribution in [0.15, 0.2) is 48.5 Å². The van der Waals surface area contributed by atoms with Crippen LogP contribution in [0.2, 0.25) is 0 Å². The summed E-state index contributed by atoms with van der Waals surface area (Å²) < 4.78 is 0.668. The van der Waals surface area contributed by atoms with Crippen molar-refractivity contribution in [2.45, 2.75) is 37.0 Å². The van der Waals surface area contributed by atoms with Gasteiger partial charge in [0.2, 0.25) is 0 Å². The van der Waals surface area contributed by atoms with E-state index in [1.165, 1.54) is 28.7 Å². The Hall–Kier alpha value is -0.830. The lowest BCUT2D eigenvalue weighted by molar-refractivity contribution is 0.716. The zero-order valence-electron chi connectivity index (χ0n) is 11.9. The normalized spacial score (nSPS) is 12.7. The molecule has 100 valence electrons. The first-order chi connectivity index (χ1) is 9.09. The molecule has 0 amide bonds. The first kappa shape index (κ1) is 14.6. The van der Waals surface area contributed by atoms with E-state index >= 15 is 0 Å². The summed E-state index contributed by atoms with van der Waals surface area (Å²) in [7, 11) is 0. The minimum atomic E-state index is 0.509. The molecule has 0 saturated heterocycles. The van der Waals surface area contributed by atoms with Crippen LogP contribution in [0.3, 0.4) is 0 Å². The predicted molar refractivity (Wildman–Crippen MR) is 92.3 cm³/mol. The molecule has 0 aliphatic carbocycles. The first-order valence-corrected chi connectivity index (χ1v) is 8.09. The van der Waals surface area contributed by atoms with Gasteiger partial charge >= 0.3 is 0 Å². The van der Waals surface area contributed by atoms with Crippen molar-refractivity contribution in [3.8, 4) is 0 Å². The van der Waals surface area contributed by atoms with Crippen LogP contribution in [0.5, 0.6) is 0 Å². The summed E-state index contributed by atoms with van der Waals surface area (Å²) in [5.41, 5.74) is 5.74. The van der Waals surface area contributed by atoms with E-state index in [9.17, 15) is 0 Å². The summed E-state index contributed by atoms with van der Waals surface area (Å²) in [6.45, 7) is 6.74. The van der Waals surface area contributed by atoms with Crippen LogP contribution in [0.1, 0.15) is 41.5 Å². The SMILES string of the molecule is Cc1ccccc1C(CC(C)I)c1ccccc1C. The zero-order valence-corrected chi connectivity index (χ0v) is 14.0. The van der Waals surface area contributed by atoms with E-state index in [1.54, 1.807) is 0 Å². The molecule has 2 aromatic rings. The molecule has 0 nitrogen and oxygen atoms in total. The van der Waals surface area contributed by atoms with Gasteiger partial charge in [-0.05, 0) is 42.5 Å². The standard InChI is InChI=1S/C18H21I/c1-13-8-4-6-10-16(13)18(12-15(3)19)17-11-7-5-9-14(17)2/h4-11,15,18H,12H2,1-3H3. The fraction of sp³-hybridized carbons (Fsp3) is 0.333. The van der Waals surface area contributed by atoms with E-state index in [2.05, 4.69) is 91.9 Å². The maximum atomic E-state index is 2.53. The summed E-state index contributed by atoms with van der Waals surface area (Å²) in [5.74, 6) is 0.509. The summed E-state index contributed by atoms with van der Waals surface area (Å²) in [6.07, 6.45) is 1.19. The Morgan fingerprint density at radius 2 is 1.26 bits per heavy atom. The van der Waals surface area contributed by atoms with E-state index in [1.807, 2.05) is 0 Å². The molecule has 0 N–H and O–H groups in total. The number of hydrogen-bond acceptors (Lipinski definition) is 0. The molecule has 0 aliphatic rings. The second-order valence-electron chi connectivity index (χ2n) is 5.28. The highest BCUT2D eigenvalue weighted by Gasteiger charge is 2.19. The lowest BCUT2D eigenvalue weighted by atomic mass is 9.83. The lowest BCUT2D eigenvalue weighted by Crippen LogP contribution is -2.09. The lowest BCUT2D eigenvalue weighted by Gasteiger charge is -2.23. The predicted octanol–water partition coefficient (Wildman–Crippen LogP) is 5.65. The molecular formula is C18H21I. The van der Waals surface area contributed by atoms with Crippen molar-refractivity contribution < 1.29 is 0 Å². The Morgan fingerprint density at radius 3 is 1.63 bits per heavy atom. The van der Waals surface area contributed by atoms with Gasteiger partial charge in [-0.1, -0.05) is 78.0 Å². The molecule has 2 rings (SSSR count). The number of rotatable bonds is 4. The molecule has 0 heterocycles. The summed E-state index contributed by atoms with van der Waals surface area (Å²) in [6, 6.07) is 17.6. The molecule has 0 aliphatic heterocycles. The molecule has 1 atom stereocenters. The third-order valence-electron chi connectivity index (χ3n) is 3.69. The van der Waals surface area contributed by atoms with Crippen molar-refractivity contribution in [1.82, 2.24) is 0 Å². The van der Waals surface area contributed by atoms with E-state index in [0.29, 0.717) is 9.84 Å². The average molecular weight is 364 g/mol. The van der Waals surface area contributed by atoms with Gasteiger partial charge in [-0.25, -0.2) is 0 Å². The van der Waals surface area contributed by atoms with Crippen LogP contribution in [-0.2, 0) is 0 Å². The van der Waals surface area contributed by atoms with E-state index < -0.39 is 0 Å². The maximum Gasteiger partial charge on any atom is 0.0104 e. The van der Waals surface area contributed by atoms with Gasteiger partial charge in [-0.3, -0.25) is 0 Å². The van der Waals surface area contributed by atoms with Gasteiger partial charge in [0.1, 0.15) is 0 Å². The van der Waals surface area contributed by atoms with Gasteiger partial charge in [0.15, 0.2) is 0 Å². The first-order valence-electron chi connectivity index (χ1n) is 6.84. The van der Waals surface area contributed by atoms with E-state index in [4.69, 9.17) is 0 Å². The van der Waals surface area contributed by atoms with Crippen LogP contribution in [0, 0.1) is 13.8 Å². The summed E-state index contributed by atoms with van der Waals surface area (Å²) >= 11 is 2.53. The van der Waals surface area contributed by atoms with Crippen LogP contribution in [-0.4, -0.2) is 3.92 Å². The van der Waals surface area contributed by atoms with Gasteiger partial charge in [0, 0.05) is 9.84 Å². The van der Waals surface area contributed by atoms with Gasteiger partial charge in [-0.2, -0.15) is 0 Å². The largest absolute Gasteiger partial charge is 0.0829 e. The van der Waals surface area contributed by atoms with Crippen LogP contribution >= 0.6 is 22.6 Å². The number of halogens is 1. The summed E-state index contributed by atoms with van der Waals surface area (Å²) in [5, 5.41) is 0. The number of alkyl halides is 1. The second kappa shape index (κ2) is 6.56. The minimum Gasteiger partial charge on any atom is -0.0829 e. The van der Waals surface area contributed by atoms with Crippen molar-refractivity contribution >= 4 is 22.6 Å². The molecule has 0 fully saturated rings. The Kier molecular flexibility index (Phi) is 5.03. The van der Waals surface area contributed by atoms with E-state index in [0.717, 1.165) is 0 Å². The molecule has 1 heteroatoms. The highest BCUT2D eigenvalue weighted by Crippen LogP contribution is 2.34. The summed E-state index contributed by atoms with van der Waals surface area (Å²) in [4.78, 5) is 0. The van der Waals surface area contributed by atoms with Crippen molar-refractivity contribution in [2.24, 2.45) is 0 Å². The smallest absolute Gasteiger partial charge is 0.0104 e. The van der Waals surface area contributed by atoms with Crippen molar-refractivity contribution in [1.29, 1.82) is 0 Å². The molecule has 1 unspecified atom stereocenters. The van der Waals surface area contributed by atoms with Crippen molar-refractivity contribution in [2.75, 3.05) is 0 Å². The molecule has 0 radical (unpaired) electrons. The third-order valence-corrected chi connectivity index (χ3v) is 4.20. The number of hydrogen-bond donors (Lipinski definition) is 0. The second-order valence-corrected chi connectivity index (χ2v) is 7.41. The number of aryl methyl sites for hydroxylation is 2. The van der Waals surface area contributed by atoms with E-state index in [-0.39, 0.29) is 0 Å². The fourth-order valence-electron chi connectivity index (χ4n) is 2.70. The molecule has 0 saturated carbocycles. The molecule has 0 aromatic heterocycles. The zero-order chi connectivity index (χ0) is 13.8. The highest BCUT2D eigenvalue weighted by atomic mass is 127. The van der Waals surface area contributed by atoms with Gasteiger partial charge in [0.25, 0.3) is 0 Å².